The molecule has 0 radical (unpaired) electrons. The van der Waals surface area contributed by atoms with Crippen molar-refractivity contribution in [1.29, 1.82) is 0 Å². The standard InChI is InChI=1S/C16H23ClN2O2/c1-10(2)14-13-11(8-12(17)9-18-13)6-7-19(14)15(20)21-16(3,4)5/h8-10,14H,6-7H2,1-5H3/t14-/m1/s1. The molecular formula is C16H23ClN2O2. The van der Waals surface area contributed by atoms with E-state index < -0.39 is 5.60 Å². The summed E-state index contributed by atoms with van der Waals surface area (Å²) in [5.41, 5.74) is 1.57. The van der Waals surface area contributed by atoms with Gasteiger partial charge in [0, 0.05) is 12.7 Å². The molecule has 1 aliphatic heterocycles. The van der Waals surface area contributed by atoms with Crippen LogP contribution >= 0.6 is 11.6 Å². The highest BCUT2D eigenvalue weighted by Crippen LogP contribution is 2.35. The minimum atomic E-state index is -0.494. The Balaban J connectivity index is 2.32. The van der Waals surface area contributed by atoms with Crippen molar-refractivity contribution in [1.82, 2.24) is 9.88 Å². The Morgan fingerprint density at radius 2 is 2.14 bits per heavy atom. The molecule has 2 heterocycles. The van der Waals surface area contributed by atoms with E-state index in [9.17, 15) is 4.79 Å². The number of halogens is 1. The lowest BCUT2D eigenvalue weighted by molar-refractivity contribution is 0.00811. The molecule has 0 aromatic carbocycles. The predicted octanol–water partition coefficient (Wildman–Crippen LogP) is 4.23. The van der Waals surface area contributed by atoms with E-state index in [4.69, 9.17) is 16.3 Å². The first-order chi connectivity index (χ1) is 9.69. The molecule has 0 fully saturated rings. The lowest BCUT2D eigenvalue weighted by atomic mass is 9.90. The van der Waals surface area contributed by atoms with Crippen LogP contribution in [0.5, 0.6) is 0 Å². The number of hydrogen-bond donors (Lipinski definition) is 0. The van der Waals surface area contributed by atoms with Crippen LogP contribution in [0.1, 0.15) is 51.9 Å². The fourth-order valence-corrected chi connectivity index (χ4v) is 2.87. The lowest BCUT2D eigenvalue weighted by Crippen LogP contribution is -2.45. The minimum absolute atomic E-state index is 0.0686. The van der Waals surface area contributed by atoms with Crippen molar-refractivity contribution >= 4 is 17.7 Å². The molecule has 0 aliphatic carbocycles. The second-order valence-electron chi connectivity index (χ2n) is 6.81. The van der Waals surface area contributed by atoms with E-state index in [-0.39, 0.29) is 18.1 Å². The van der Waals surface area contributed by atoms with Crippen molar-refractivity contribution < 1.29 is 9.53 Å². The van der Waals surface area contributed by atoms with Crippen LogP contribution in [-0.4, -0.2) is 28.1 Å². The normalized spacial score (nSPS) is 18.6. The summed E-state index contributed by atoms with van der Waals surface area (Å²) in [6, 6.07) is 1.88. The Labute approximate surface area is 131 Å². The van der Waals surface area contributed by atoms with E-state index in [1.54, 1.807) is 11.1 Å². The number of amides is 1. The van der Waals surface area contributed by atoms with Gasteiger partial charge >= 0.3 is 6.09 Å². The van der Waals surface area contributed by atoms with Crippen LogP contribution in [0, 0.1) is 5.92 Å². The average molecular weight is 311 g/mol. The number of pyridine rings is 1. The highest BCUT2D eigenvalue weighted by atomic mass is 35.5. The third-order valence-electron chi connectivity index (χ3n) is 3.47. The van der Waals surface area contributed by atoms with Crippen LogP contribution < -0.4 is 0 Å². The quantitative estimate of drug-likeness (QED) is 0.779. The molecule has 116 valence electrons. The summed E-state index contributed by atoms with van der Waals surface area (Å²) in [6.45, 7) is 10.5. The molecule has 2 rings (SSSR count). The Bertz CT molecular complexity index is 538. The molecule has 1 amide bonds. The van der Waals surface area contributed by atoms with Gasteiger partial charge in [-0.05, 0) is 44.7 Å². The molecule has 0 saturated heterocycles. The van der Waals surface area contributed by atoms with Gasteiger partial charge in [0.05, 0.1) is 16.8 Å². The number of aromatic nitrogens is 1. The number of carbonyl (C=O) groups is 1. The van der Waals surface area contributed by atoms with E-state index in [1.807, 2.05) is 26.8 Å². The SMILES string of the molecule is CC(C)[C@@H]1c2ncc(Cl)cc2CCN1C(=O)OC(C)(C)C. The zero-order valence-electron chi connectivity index (χ0n) is 13.3. The van der Waals surface area contributed by atoms with Crippen LogP contribution in [0.15, 0.2) is 12.3 Å². The van der Waals surface area contributed by atoms with E-state index in [1.165, 1.54) is 0 Å². The van der Waals surface area contributed by atoms with Crippen LogP contribution in [0.2, 0.25) is 5.02 Å². The van der Waals surface area contributed by atoms with E-state index in [2.05, 4.69) is 18.8 Å². The first kappa shape index (κ1) is 16.1. The molecule has 0 unspecified atom stereocenters. The van der Waals surface area contributed by atoms with Gasteiger partial charge in [-0.15, -0.1) is 0 Å². The molecular weight excluding hydrogens is 288 g/mol. The molecule has 1 aliphatic rings. The van der Waals surface area contributed by atoms with E-state index >= 15 is 0 Å². The maximum absolute atomic E-state index is 12.5. The average Bonchev–Trinajstić information content (AvgIpc) is 2.34. The summed E-state index contributed by atoms with van der Waals surface area (Å²) in [5.74, 6) is 0.255. The Morgan fingerprint density at radius 3 is 2.71 bits per heavy atom. The van der Waals surface area contributed by atoms with Gasteiger partial charge < -0.3 is 4.74 Å². The van der Waals surface area contributed by atoms with Crippen molar-refractivity contribution in [2.75, 3.05) is 6.54 Å². The summed E-state index contributed by atoms with van der Waals surface area (Å²) < 4.78 is 5.53. The number of ether oxygens (including phenoxy) is 1. The van der Waals surface area contributed by atoms with Gasteiger partial charge in [0.2, 0.25) is 0 Å². The molecule has 0 saturated carbocycles. The Morgan fingerprint density at radius 1 is 1.48 bits per heavy atom. The highest BCUT2D eigenvalue weighted by molar-refractivity contribution is 6.30. The van der Waals surface area contributed by atoms with Gasteiger partial charge in [-0.1, -0.05) is 25.4 Å². The number of fused-ring (bicyclic) bond motifs is 1. The first-order valence-electron chi connectivity index (χ1n) is 7.33. The molecule has 0 N–H and O–H groups in total. The molecule has 21 heavy (non-hydrogen) atoms. The molecule has 4 nitrogen and oxygen atoms in total. The van der Waals surface area contributed by atoms with E-state index in [0.717, 1.165) is 17.7 Å². The van der Waals surface area contributed by atoms with Gasteiger partial charge in [0.25, 0.3) is 0 Å². The van der Waals surface area contributed by atoms with Crippen molar-refractivity contribution in [2.45, 2.75) is 52.7 Å². The van der Waals surface area contributed by atoms with Crippen LogP contribution in [-0.2, 0) is 11.2 Å². The van der Waals surface area contributed by atoms with Crippen LogP contribution in [0.25, 0.3) is 0 Å². The summed E-state index contributed by atoms with van der Waals surface area (Å²) in [6.07, 6.45) is 2.13. The summed E-state index contributed by atoms with van der Waals surface area (Å²) in [7, 11) is 0. The lowest BCUT2D eigenvalue weighted by Gasteiger charge is -2.39. The summed E-state index contributed by atoms with van der Waals surface area (Å²) in [5, 5.41) is 0.641. The molecule has 1 aromatic rings. The molecule has 0 spiro atoms. The molecule has 5 heteroatoms. The number of nitrogens with zero attached hydrogens (tertiary/aromatic N) is 2. The maximum Gasteiger partial charge on any atom is 0.410 e. The minimum Gasteiger partial charge on any atom is -0.444 e. The number of rotatable bonds is 1. The second kappa shape index (κ2) is 5.84. The Kier molecular flexibility index (Phi) is 4.47. The maximum atomic E-state index is 12.5. The number of carbonyl (C=O) groups excluding carboxylic acids is 1. The van der Waals surface area contributed by atoms with Crippen LogP contribution in [0.3, 0.4) is 0 Å². The second-order valence-corrected chi connectivity index (χ2v) is 7.25. The van der Waals surface area contributed by atoms with Crippen molar-refractivity contribution in [3.63, 3.8) is 0 Å². The molecule has 1 atom stereocenters. The van der Waals surface area contributed by atoms with Crippen molar-refractivity contribution in [3.8, 4) is 0 Å². The van der Waals surface area contributed by atoms with Crippen molar-refractivity contribution in [2.24, 2.45) is 5.92 Å². The third-order valence-corrected chi connectivity index (χ3v) is 3.67. The van der Waals surface area contributed by atoms with Crippen molar-refractivity contribution in [3.05, 3.63) is 28.5 Å². The molecule has 0 bridgehead atoms. The third kappa shape index (κ3) is 3.67. The monoisotopic (exact) mass is 310 g/mol. The van der Waals surface area contributed by atoms with Gasteiger partial charge in [0.1, 0.15) is 5.60 Å². The number of hydrogen-bond acceptors (Lipinski definition) is 3. The smallest absolute Gasteiger partial charge is 0.410 e. The van der Waals surface area contributed by atoms with Crippen LogP contribution in [0.4, 0.5) is 4.79 Å². The first-order valence-corrected chi connectivity index (χ1v) is 7.71. The van der Waals surface area contributed by atoms with Gasteiger partial charge in [-0.2, -0.15) is 0 Å². The predicted molar refractivity (Wildman–Crippen MR) is 83.5 cm³/mol. The topological polar surface area (TPSA) is 42.4 Å². The fraction of sp³-hybridized carbons (Fsp3) is 0.625. The fourth-order valence-electron chi connectivity index (χ4n) is 2.69. The zero-order chi connectivity index (χ0) is 15.8. The van der Waals surface area contributed by atoms with Gasteiger partial charge in [-0.25, -0.2) is 4.79 Å². The largest absolute Gasteiger partial charge is 0.444 e. The van der Waals surface area contributed by atoms with Gasteiger partial charge in [-0.3, -0.25) is 9.88 Å². The molecule has 1 aromatic heterocycles. The zero-order valence-corrected chi connectivity index (χ0v) is 14.1. The van der Waals surface area contributed by atoms with E-state index in [0.29, 0.717) is 11.6 Å². The Hall–Kier alpha value is -1.29. The highest BCUT2D eigenvalue weighted by Gasteiger charge is 2.36. The van der Waals surface area contributed by atoms with Gasteiger partial charge in [0.15, 0.2) is 0 Å². The summed E-state index contributed by atoms with van der Waals surface area (Å²) in [4.78, 5) is 18.7. The summed E-state index contributed by atoms with van der Waals surface area (Å²) >= 11 is 6.02.